The molecule has 0 unspecified atom stereocenters. The Bertz CT molecular complexity index is 763. The third-order valence-corrected chi connectivity index (χ3v) is 3.10. The predicted molar refractivity (Wildman–Crippen MR) is 79.8 cm³/mol. The average molecular weight is 281 g/mol. The number of anilines is 1. The number of carbonyl (C=O) groups excluding carboxylic acids is 1. The Balaban J connectivity index is 1.81. The molecule has 2 heterocycles. The lowest BCUT2D eigenvalue weighted by atomic mass is 10.1. The molecule has 3 rings (SSSR count). The second-order valence-electron chi connectivity index (χ2n) is 4.73. The minimum atomic E-state index is 0.0364. The summed E-state index contributed by atoms with van der Waals surface area (Å²) in [5.74, 6) is 0.0364. The molecule has 0 saturated heterocycles. The standard InChI is InChI=1S/C15H15N5O/c1-2-3-15(21)17-12-6-4-11(5-7-12)13-8-9-14-18-16-10-20(14)19-13/h4-10H,2-3H2,1H3,(H,17,21). The zero-order valence-corrected chi connectivity index (χ0v) is 11.7. The van der Waals surface area contributed by atoms with Gasteiger partial charge in [0.1, 0.15) is 6.33 Å². The van der Waals surface area contributed by atoms with E-state index >= 15 is 0 Å². The van der Waals surface area contributed by atoms with Crippen LogP contribution in [0.4, 0.5) is 5.69 Å². The summed E-state index contributed by atoms with van der Waals surface area (Å²) in [6.07, 6.45) is 2.94. The van der Waals surface area contributed by atoms with E-state index in [4.69, 9.17) is 0 Å². The normalized spacial score (nSPS) is 10.7. The zero-order chi connectivity index (χ0) is 14.7. The Hall–Kier alpha value is -2.76. The predicted octanol–water partition coefficient (Wildman–Crippen LogP) is 2.53. The minimum absolute atomic E-state index is 0.0364. The topological polar surface area (TPSA) is 72.2 Å². The average Bonchev–Trinajstić information content (AvgIpc) is 2.95. The van der Waals surface area contributed by atoms with Crippen LogP contribution in [0.25, 0.3) is 16.9 Å². The molecule has 0 saturated carbocycles. The summed E-state index contributed by atoms with van der Waals surface area (Å²) in [4.78, 5) is 11.5. The lowest BCUT2D eigenvalue weighted by Gasteiger charge is -2.06. The summed E-state index contributed by atoms with van der Waals surface area (Å²) in [7, 11) is 0. The lowest BCUT2D eigenvalue weighted by Crippen LogP contribution is -2.10. The highest BCUT2D eigenvalue weighted by molar-refractivity contribution is 5.90. The Morgan fingerprint density at radius 2 is 2.00 bits per heavy atom. The van der Waals surface area contributed by atoms with Crippen LogP contribution in [-0.4, -0.2) is 25.7 Å². The first-order valence-electron chi connectivity index (χ1n) is 6.83. The van der Waals surface area contributed by atoms with Crippen LogP contribution in [0.5, 0.6) is 0 Å². The van der Waals surface area contributed by atoms with Gasteiger partial charge in [0.05, 0.1) is 5.69 Å². The van der Waals surface area contributed by atoms with Crippen LogP contribution in [0.2, 0.25) is 0 Å². The van der Waals surface area contributed by atoms with Crippen molar-refractivity contribution < 1.29 is 4.79 Å². The SMILES string of the molecule is CCCC(=O)Nc1ccc(-c2ccc3nncn3n2)cc1. The summed E-state index contributed by atoms with van der Waals surface area (Å²) < 4.78 is 1.63. The van der Waals surface area contributed by atoms with Gasteiger partial charge in [-0.2, -0.15) is 9.61 Å². The van der Waals surface area contributed by atoms with Crippen molar-refractivity contribution in [2.45, 2.75) is 19.8 Å². The number of fused-ring (bicyclic) bond motifs is 1. The maximum atomic E-state index is 11.5. The van der Waals surface area contributed by atoms with Gasteiger partial charge in [0, 0.05) is 17.7 Å². The first kappa shape index (κ1) is 13.2. The summed E-state index contributed by atoms with van der Waals surface area (Å²) in [6, 6.07) is 11.4. The van der Waals surface area contributed by atoms with E-state index in [0.717, 1.165) is 23.4 Å². The molecule has 3 aromatic rings. The fourth-order valence-electron chi connectivity index (χ4n) is 2.06. The van der Waals surface area contributed by atoms with E-state index in [1.807, 2.05) is 43.3 Å². The van der Waals surface area contributed by atoms with Gasteiger partial charge in [0.25, 0.3) is 0 Å². The molecule has 0 aliphatic rings. The third-order valence-electron chi connectivity index (χ3n) is 3.10. The summed E-state index contributed by atoms with van der Waals surface area (Å²) >= 11 is 0. The van der Waals surface area contributed by atoms with Gasteiger partial charge in [-0.25, -0.2) is 0 Å². The van der Waals surface area contributed by atoms with Gasteiger partial charge in [-0.1, -0.05) is 19.1 Å². The van der Waals surface area contributed by atoms with E-state index in [9.17, 15) is 4.79 Å². The molecule has 0 radical (unpaired) electrons. The molecule has 0 spiro atoms. The second-order valence-corrected chi connectivity index (χ2v) is 4.73. The van der Waals surface area contributed by atoms with E-state index in [1.54, 1.807) is 10.8 Å². The molecular formula is C15H15N5O. The molecular weight excluding hydrogens is 266 g/mol. The molecule has 0 fully saturated rings. The lowest BCUT2D eigenvalue weighted by molar-refractivity contribution is -0.116. The number of hydrogen-bond acceptors (Lipinski definition) is 4. The number of benzene rings is 1. The highest BCUT2D eigenvalue weighted by Gasteiger charge is 2.04. The number of hydrogen-bond donors (Lipinski definition) is 1. The summed E-state index contributed by atoms with van der Waals surface area (Å²) in [5, 5.41) is 15.0. The van der Waals surface area contributed by atoms with Crippen LogP contribution in [0, 0.1) is 0 Å². The van der Waals surface area contributed by atoms with Crippen LogP contribution < -0.4 is 5.32 Å². The molecule has 1 aromatic carbocycles. The first-order valence-corrected chi connectivity index (χ1v) is 6.83. The van der Waals surface area contributed by atoms with E-state index in [2.05, 4.69) is 20.6 Å². The van der Waals surface area contributed by atoms with Gasteiger partial charge < -0.3 is 5.32 Å². The van der Waals surface area contributed by atoms with E-state index in [-0.39, 0.29) is 5.91 Å². The molecule has 21 heavy (non-hydrogen) atoms. The molecule has 1 amide bonds. The molecule has 0 aliphatic carbocycles. The second kappa shape index (κ2) is 5.70. The molecule has 6 heteroatoms. The number of nitrogens with zero attached hydrogens (tertiary/aromatic N) is 4. The molecule has 0 bridgehead atoms. The summed E-state index contributed by atoms with van der Waals surface area (Å²) in [6.45, 7) is 1.98. The Morgan fingerprint density at radius 1 is 1.19 bits per heavy atom. The maximum absolute atomic E-state index is 11.5. The fourth-order valence-corrected chi connectivity index (χ4v) is 2.06. The Morgan fingerprint density at radius 3 is 2.76 bits per heavy atom. The minimum Gasteiger partial charge on any atom is -0.326 e. The summed E-state index contributed by atoms with van der Waals surface area (Å²) in [5.41, 5.74) is 3.30. The van der Waals surface area contributed by atoms with Crippen molar-refractivity contribution >= 4 is 17.2 Å². The van der Waals surface area contributed by atoms with Gasteiger partial charge in [0.2, 0.25) is 5.91 Å². The van der Waals surface area contributed by atoms with Crippen LogP contribution in [0.1, 0.15) is 19.8 Å². The Kier molecular flexibility index (Phi) is 3.59. The maximum Gasteiger partial charge on any atom is 0.224 e. The van der Waals surface area contributed by atoms with Gasteiger partial charge >= 0.3 is 0 Å². The number of aromatic nitrogens is 4. The number of carbonyl (C=O) groups is 1. The van der Waals surface area contributed by atoms with E-state index in [1.165, 1.54) is 0 Å². The molecule has 106 valence electrons. The van der Waals surface area contributed by atoms with Crippen molar-refractivity contribution in [2.75, 3.05) is 5.32 Å². The van der Waals surface area contributed by atoms with Crippen molar-refractivity contribution in [3.8, 4) is 11.3 Å². The fraction of sp³-hybridized carbons (Fsp3) is 0.200. The van der Waals surface area contributed by atoms with Crippen LogP contribution in [0.15, 0.2) is 42.7 Å². The van der Waals surface area contributed by atoms with Crippen molar-refractivity contribution in [1.82, 2.24) is 19.8 Å². The molecule has 1 N–H and O–H groups in total. The molecule has 2 aromatic heterocycles. The molecule has 0 atom stereocenters. The van der Waals surface area contributed by atoms with Crippen LogP contribution in [-0.2, 0) is 4.79 Å². The number of rotatable bonds is 4. The van der Waals surface area contributed by atoms with Gasteiger partial charge in [0.15, 0.2) is 5.65 Å². The van der Waals surface area contributed by atoms with E-state index in [0.29, 0.717) is 12.1 Å². The molecule has 6 nitrogen and oxygen atoms in total. The van der Waals surface area contributed by atoms with Crippen molar-refractivity contribution in [3.63, 3.8) is 0 Å². The van der Waals surface area contributed by atoms with Gasteiger partial charge in [-0.05, 0) is 30.7 Å². The molecule has 0 aliphatic heterocycles. The Labute approximate surface area is 121 Å². The first-order chi connectivity index (χ1) is 10.3. The van der Waals surface area contributed by atoms with Crippen molar-refractivity contribution in [1.29, 1.82) is 0 Å². The zero-order valence-electron chi connectivity index (χ0n) is 11.7. The smallest absolute Gasteiger partial charge is 0.224 e. The quantitative estimate of drug-likeness (QED) is 0.797. The largest absolute Gasteiger partial charge is 0.326 e. The van der Waals surface area contributed by atoms with Crippen LogP contribution >= 0.6 is 0 Å². The highest BCUT2D eigenvalue weighted by atomic mass is 16.1. The number of nitrogens with one attached hydrogen (secondary N) is 1. The number of amides is 1. The van der Waals surface area contributed by atoms with Crippen molar-refractivity contribution in [2.24, 2.45) is 0 Å². The highest BCUT2D eigenvalue weighted by Crippen LogP contribution is 2.19. The van der Waals surface area contributed by atoms with Gasteiger partial charge in [-0.3, -0.25) is 4.79 Å². The third kappa shape index (κ3) is 2.89. The van der Waals surface area contributed by atoms with E-state index < -0.39 is 0 Å². The monoisotopic (exact) mass is 281 g/mol. The van der Waals surface area contributed by atoms with Crippen molar-refractivity contribution in [3.05, 3.63) is 42.7 Å². The van der Waals surface area contributed by atoms with Crippen LogP contribution in [0.3, 0.4) is 0 Å². The van der Waals surface area contributed by atoms with Gasteiger partial charge in [-0.15, -0.1) is 10.2 Å².